The first kappa shape index (κ1) is 28.6. The highest BCUT2D eigenvalue weighted by molar-refractivity contribution is 7.30. The molecule has 2 aliphatic heterocycles. The van der Waals surface area contributed by atoms with Gasteiger partial charge in [0.05, 0.1) is 11.1 Å². The third-order valence-electron chi connectivity index (χ3n) is 11.9. The molecule has 4 heteroatoms. The summed E-state index contributed by atoms with van der Waals surface area (Å²) in [5.41, 5.74) is 20.6. The molecular formula is C48H31BN2S. The minimum atomic E-state index is -0.388. The number of thiophene rings is 1. The number of aryl methyl sites for hydroxylation is 1. The molecule has 0 N–H and O–H groups in total. The summed E-state index contributed by atoms with van der Waals surface area (Å²) in [4.78, 5) is 6.51. The number of rotatable bonds is 2. The molecule has 3 heterocycles. The average Bonchev–Trinajstić information content (AvgIpc) is 3.83. The monoisotopic (exact) mass is 678 g/mol. The van der Waals surface area contributed by atoms with E-state index in [0.717, 1.165) is 0 Å². The fourth-order valence-electron chi connectivity index (χ4n) is 9.95. The largest absolute Gasteiger partial charge is 0.311 e. The molecule has 0 radical (unpaired) electrons. The van der Waals surface area contributed by atoms with Crippen molar-refractivity contribution in [3.8, 4) is 22.3 Å². The predicted molar refractivity (Wildman–Crippen MR) is 219 cm³/mol. The summed E-state index contributed by atoms with van der Waals surface area (Å²) in [6.07, 6.45) is 0. The molecule has 1 aromatic heterocycles. The Labute approximate surface area is 308 Å². The molecule has 12 rings (SSSR count). The van der Waals surface area contributed by atoms with Crippen LogP contribution in [0.1, 0.15) is 27.1 Å². The smallest absolute Gasteiger partial charge is 0.264 e. The summed E-state index contributed by atoms with van der Waals surface area (Å²) in [6, 6.07) is 63.6. The summed E-state index contributed by atoms with van der Waals surface area (Å²) < 4.78 is 1.42. The number of fused-ring (bicyclic) bond motifs is 15. The molecule has 4 aliphatic rings. The Bertz CT molecular complexity index is 2740. The van der Waals surface area contributed by atoms with E-state index < -0.39 is 0 Å². The number of anilines is 6. The number of benzene rings is 7. The summed E-state index contributed by atoms with van der Waals surface area (Å²) in [5, 5.41) is 0. The maximum Gasteiger partial charge on any atom is 0.264 e. The van der Waals surface area contributed by atoms with Crippen LogP contribution in [0.2, 0.25) is 0 Å². The van der Waals surface area contributed by atoms with E-state index in [0.29, 0.717) is 0 Å². The molecule has 2 nitrogen and oxygen atoms in total. The number of hydrogen-bond acceptors (Lipinski definition) is 3. The lowest BCUT2D eigenvalue weighted by Crippen LogP contribution is -2.60. The second kappa shape index (κ2) is 10.2. The van der Waals surface area contributed by atoms with Crippen LogP contribution in [0.4, 0.5) is 34.1 Å². The zero-order valence-corrected chi connectivity index (χ0v) is 29.4. The van der Waals surface area contributed by atoms with Crippen molar-refractivity contribution in [1.29, 1.82) is 0 Å². The van der Waals surface area contributed by atoms with Crippen LogP contribution in [0.15, 0.2) is 170 Å². The molecule has 0 bridgehead atoms. The first-order valence-electron chi connectivity index (χ1n) is 18.2. The van der Waals surface area contributed by atoms with Crippen LogP contribution in [0.5, 0.6) is 0 Å². The standard InChI is InChI=1S/C48H31BN2S/c1-30-26-28-32(29-27-30)50-40-23-12-11-22-39(40)49-44-41(50)24-13-25-42(44)51(31-14-3-2-4-15-31)45-43-35-18-7-10-21-38(35)48(46(43)52-47(45)49)36-19-8-5-16-33(36)34-17-6-9-20-37(34)48/h2-29H,1H3. The van der Waals surface area contributed by atoms with Crippen molar-refractivity contribution >= 4 is 67.9 Å². The first-order valence-corrected chi connectivity index (χ1v) is 19.0. The molecule has 0 atom stereocenters. The van der Waals surface area contributed by atoms with Crippen molar-refractivity contribution in [3.63, 3.8) is 0 Å². The molecule has 7 aromatic carbocycles. The highest BCUT2D eigenvalue weighted by Crippen LogP contribution is 2.66. The molecule has 0 fully saturated rings. The summed E-state index contributed by atoms with van der Waals surface area (Å²) in [6.45, 7) is 2.25. The third kappa shape index (κ3) is 3.41. The first-order chi connectivity index (χ1) is 25.7. The fraction of sp³-hybridized carbons (Fsp3) is 0.0417. The van der Waals surface area contributed by atoms with Gasteiger partial charge < -0.3 is 9.80 Å². The van der Waals surface area contributed by atoms with Gasteiger partial charge in [0.2, 0.25) is 0 Å². The van der Waals surface area contributed by atoms with Gasteiger partial charge in [-0.05, 0) is 93.7 Å². The van der Waals surface area contributed by atoms with E-state index in [1.165, 1.54) is 99.2 Å². The lowest BCUT2D eigenvalue weighted by molar-refractivity contribution is 0.811. The Kier molecular flexibility index (Phi) is 5.63. The minimum absolute atomic E-state index is 0.0887. The van der Waals surface area contributed by atoms with Crippen molar-refractivity contribution in [3.05, 3.63) is 197 Å². The molecule has 0 saturated heterocycles. The average molecular weight is 679 g/mol. The molecule has 0 amide bonds. The maximum atomic E-state index is 2.59. The van der Waals surface area contributed by atoms with Crippen LogP contribution in [-0.4, -0.2) is 6.71 Å². The Morgan fingerprint density at radius 1 is 0.481 bits per heavy atom. The molecule has 242 valence electrons. The normalized spacial score (nSPS) is 14.7. The van der Waals surface area contributed by atoms with Gasteiger partial charge in [-0.15, -0.1) is 11.3 Å². The van der Waals surface area contributed by atoms with Crippen LogP contribution < -0.4 is 25.5 Å². The molecule has 2 aliphatic carbocycles. The van der Waals surface area contributed by atoms with E-state index in [1.807, 2.05) is 11.3 Å². The van der Waals surface area contributed by atoms with Gasteiger partial charge in [0.1, 0.15) is 0 Å². The second-order valence-electron chi connectivity index (χ2n) is 14.4. The Morgan fingerprint density at radius 2 is 1.02 bits per heavy atom. The highest BCUT2D eigenvalue weighted by Gasteiger charge is 2.56. The van der Waals surface area contributed by atoms with E-state index in [-0.39, 0.29) is 12.1 Å². The zero-order chi connectivity index (χ0) is 34.1. The van der Waals surface area contributed by atoms with Gasteiger partial charge in [0, 0.05) is 43.7 Å². The van der Waals surface area contributed by atoms with Crippen LogP contribution in [0.25, 0.3) is 22.3 Å². The van der Waals surface area contributed by atoms with Crippen LogP contribution in [0.3, 0.4) is 0 Å². The lowest BCUT2D eigenvalue weighted by Gasteiger charge is -2.43. The lowest BCUT2D eigenvalue weighted by atomic mass is 9.36. The summed E-state index contributed by atoms with van der Waals surface area (Å²) in [5.74, 6) is 0. The van der Waals surface area contributed by atoms with Gasteiger partial charge in [-0.25, -0.2) is 0 Å². The maximum absolute atomic E-state index is 2.59. The zero-order valence-electron chi connectivity index (χ0n) is 28.5. The molecule has 8 aromatic rings. The van der Waals surface area contributed by atoms with Crippen molar-refractivity contribution in [2.45, 2.75) is 12.3 Å². The van der Waals surface area contributed by atoms with Crippen molar-refractivity contribution in [2.24, 2.45) is 0 Å². The van der Waals surface area contributed by atoms with E-state index in [4.69, 9.17) is 0 Å². The predicted octanol–water partition coefficient (Wildman–Crippen LogP) is 10.5. The van der Waals surface area contributed by atoms with E-state index >= 15 is 0 Å². The topological polar surface area (TPSA) is 6.48 Å². The SMILES string of the molecule is Cc1ccc(N2c3ccccc3B3c4sc5c(c4N(c4ccccc4)c4cccc2c43)-c2ccccc2C52c3ccccc3-c3ccccc32)cc1. The number of para-hydroxylation sites is 2. The van der Waals surface area contributed by atoms with Gasteiger partial charge in [0.15, 0.2) is 0 Å². The van der Waals surface area contributed by atoms with Crippen molar-refractivity contribution < 1.29 is 0 Å². The van der Waals surface area contributed by atoms with Gasteiger partial charge in [-0.1, -0.05) is 133 Å². The molecule has 1 spiro atoms. The number of nitrogens with zero attached hydrogens (tertiary/aromatic N) is 2. The summed E-state index contributed by atoms with van der Waals surface area (Å²) >= 11 is 2.04. The highest BCUT2D eigenvalue weighted by atomic mass is 32.1. The molecule has 52 heavy (non-hydrogen) atoms. The summed E-state index contributed by atoms with van der Waals surface area (Å²) in [7, 11) is 0. The van der Waals surface area contributed by atoms with E-state index in [9.17, 15) is 0 Å². The number of hydrogen-bond donors (Lipinski definition) is 0. The Morgan fingerprint density at radius 3 is 1.73 bits per heavy atom. The van der Waals surface area contributed by atoms with Crippen LogP contribution >= 0.6 is 11.3 Å². The van der Waals surface area contributed by atoms with Crippen molar-refractivity contribution in [1.82, 2.24) is 0 Å². The van der Waals surface area contributed by atoms with E-state index in [2.05, 4.69) is 187 Å². The fourth-order valence-corrected chi connectivity index (χ4v) is 11.6. The van der Waals surface area contributed by atoms with E-state index in [1.54, 1.807) is 0 Å². The van der Waals surface area contributed by atoms with Crippen molar-refractivity contribution in [2.75, 3.05) is 9.80 Å². The molecule has 0 unspecified atom stereocenters. The second-order valence-corrected chi connectivity index (χ2v) is 15.5. The van der Waals surface area contributed by atoms with Gasteiger partial charge in [-0.2, -0.15) is 0 Å². The third-order valence-corrected chi connectivity index (χ3v) is 13.3. The molecule has 0 saturated carbocycles. The van der Waals surface area contributed by atoms with Crippen LogP contribution in [-0.2, 0) is 5.41 Å². The van der Waals surface area contributed by atoms with Gasteiger partial charge in [-0.3, -0.25) is 0 Å². The molecular weight excluding hydrogens is 647 g/mol. The van der Waals surface area contributed by atoms with Gasteiger partial charge in [0.25, 0.3) is 6.71 Å². The minimum Gasteiger partial charge on any atom is -0.311 e. The Balaban J connectivity index is 1.23. The quantitative estimate of drug-likeness (QED) is 0.168. The van der Waals surface area contributed by atoms with Crippen LogP contribution in [0, 0.1) is 6.92 Å². The Hall–Kier alpha value is -6.10. The van der Waals surface area contributed by atoms with Gasteiger partial charge >= 0.3 is 0 Å².